The van der Waals surface area contributed by atoms with Crippen LogP contribution in [0.3, 0.4) is 0 Å². The highest BCUT2D eigenvalue weighted by molar-refractivity contribution is 5.75. The van der Waals surface area contributed by atoms with Gasteiger partial charge in [-0.25, -0.2) is 14.4 Å². The summed E-state index contributed by atoms with van der Waals surface area (Å²) in [6, 6.07) is -0.524. The number of likely N-dealkylation sites (tertiary alicyclic amines) is 1. The molecule has 1 aliphatic heterocycles. The second kappa shape index (κ2) is 12.2. The molecule has 0 saturated carbocycles. The van der Waals surface area contributed by atoms with Crippen LogP contribution in [0.4, 0.5) is 14.4 Å². The number of carbonyl (C=O) groups is 3. The Hall–Kier alpha value is -2.19. The SMILES string of the molecule is CCOC(=O)NC(CNC(=O)N1CCCC(NC(=O)OCC)C1)CC(C)C. The third-order valence-corrected chi connectivity index (χ3v) is 4.16. The summed E-state index contributed by atoms with van der Waals surface area (Å²) in [6.45, 7) is 9.60. The number of nitrogens with one attached hydrogen (secondary N) is 3. The van der Waals surface area contributed by atoms with Gasteiger partial charge in [-0.2, -0.15) is 0 Å². The summed E-state index contributed by atoms with van der Waals surface area (Å²) in [5, 5.41) is 8.45. The van der Waals surface area contributed by atoms with Gasteiger partial charge in [-0.05, 0) is 39.0 Å². The molecule has 156 valence electrons. The summed E-state index contributed by atoms with van der Waals surface area (Å²) in [6.07, 6.45) is 1.41. The van der Waals surface area contributed by atoms with E-state index in [4.69, 9.17) is 9.47 Å². The molecule has 1 rings (SSSR count). The predicted octanol–water partition coefficient (Wildman–Crippen LogP) is 2.07. The molecule has 9 nitrogen and oxygen atoms in total. The Morgan fingerprint density at radius 2 is 1.78 bits per heavy atom. The molecule has 0 spiro atoms. The maximum atomic E-state index is 12.5. The molecule has 9 heteroatoms. The van der Waals surface area contributed by atoms with Crippen LogP contribution in [0.25, 0.3) is 0 Å². The number of piperidine rings is 1. The third-order valence-electron chi connectivity index (χ3n) is 4.16. The number of alkyl carbamates (subject to hydrolysis) is 2. The van der Waals surface area contributed by atoms with E-state index in [2.05, 4.69) is 29.8 Å². The minimum absolute atomic E-state index is 0.118. The van der Waals surface area contributed by atoms with Crippen molar-refractivity contribution in [3.63, 3.8) is 0 Å². The smallest absolute Gasteiger partial charge is 0.407 e. The van der Waals surface area contributed by atoms with E-state index in [1.165, 1.54) is 0 Å². The zero-order valence-electron chi connectivity index (χ0n) is 16.9. The van der Waals surface area contributed by atoms with Gasteiger partial charge in [0.25, 0.3) is 0 Å². The van der Waals surface area contributed by atoms with Crippen molar-refractivity contribution in [3.8, 4) is 0 Å². The van der Waals surface area contributed by atoms with Crippen molar-refractivity contribution in [2.75, 3.05) is 32.8 Å². The van der Waals surface area contributed by atoms with E-state index in [1.54, 1.807) is 18.7 Å². The van der Waals surface area contributed by atoms with Crippen LogP contribution < -0.4 is 16.0 Å². The highest BCUT2D eigenvalue weighted by atomic mass is 16.6. The normalized spacial score (nSPS) is 17.8. The van der Waals surface area contributed by atoms with E-state index >= 15 is 0 Å². The number of amides is 4. The van der Waals surface area contributed by atoms with Crippen LogP contribution in [0.5, 0.6) is 0 Å². The van der Waals surface area contributed by atoms with E-state index in [0.29, 0.717) is 38.8 Å². The predicted molar refractivity (Wildman–Crippen MR) is 102 cm³/mol. The largest absolute Gasteiger partial charge is 0.450 e. The van der Waals surface area contributed by atoms with Gasteiger partial charge < -0.3 is 30.3 Å². The lowest BCUT2D eigenvalue weighted by atomic mass is 10.0. The zero-order chi connectivity index (χ0) is 20.2. The lowest BCUT2D eigenvalue weighted by Gasteiger charge is -2.33. The van der Waals surface area contributed by atoms with Crippen LogP contribution in [-0.2, 0) is 9.47 Å². The fourth-order valence-corrected chi connectivity index (χ4v) is 3.04. The Morgan fingerprint density at radius 1 is 1.11 bits per heavy atom. The molecule has 0 radical (unpaired) electrons. The van der Waals surface area contributed by atoms with Crippen LogP contribution in [0.2, 0.25) is 0 Å². The molecular formula is C18H34N4O5. The monoisotopic (exact) mass is 386 g/mol. The average Bonchev–Trinajstić information content (AvgIpc) is 2.59. The molecule has 2 unspecified atom stereocenters. The average molecular weight is 386 g/mol. The highest BCUT2D eigenvalue weighted by Crippen LogP contribution is 2.11. The molecule has 2 atom stereocenters. The maximum Gasteiger partial charge on any atom is 0.407 e. The van der Waals surface area contributed by atoms with Crippen molar-refractivity contribution < 1.29 is 23.9 Å². The van der Waals surface area contributed by atoms with E-state index in [-0.39, 0.29) is 18.1 Å². The molecular weight excluding hydrogens is 352 g/mol. The number of urea groups is 1. The van der Waals surface area contributed by atoms with E-state index in [1.807, 2.05) is 0 Å². The third kappa shape index (κ3) is 9.35. The standard InChI is InChI=1S/C18H34N4O5/c1-5-26-17(24)20-14-8-7-9-22(12-14)16(23)19-11-15(10-13(3)4)21-18(25)27-6-2/h13-15H,5-12H2,1-4H3,(H,19,23)(H,20,24)(H,21,25). The van der Waals surface area contributed by atoms with Crippen molar-refractivity contribution in [2.45, 2.75) is 59.0 Å². The summed E-state index contributed by atoms with van der Waals surface area (Å²) in [5.74, 6) is 0.363. The molecule has 0 bridgehead atoms. The van der Waals surface area contributed by atoms with Crippen LogP contribution in [-0.4, -0.2) is 68.0 Å². The first-order chi connectivity index (χ1) is 12.8. The van der Waals surface area contributed by atoms with Gasteiger partial charge in [0.05, 0.1) is 13.2 Å². The summed E-state index contributed by atoms with van der Waals surface area (Å²) >= 11 is 0. The van der Waals surface area contributed by atoms with Gasteiger partial charge in [0.2, 0.25) is 0 Å². The lowest BCUT2D eigenvalue weighted by Crippen LogP contribution is -2.54. The second-order valence-corrected chi connectivity index (χ2v) is 7.03. The van der Waals surface area contributed by atoms with Gasteiger partial charge in [0.1, 0.15) is 0 Å². The molecule has 0 aromatic rings. The summed E-state index contributed by atoms with van der Waals surface area (Å²) in [5.41, 5.74) is 0. The number of rotatable bonds is 8. The Morgan fingerprint density at radius 3 is 2.41 bits per heavy atom. The minimum atomic E-state index is -0.478. The first-order valence-corrected chi connectivity index (χ1v) is 9.75. The Balaban J connectivity index is 2.49. The summed E-state index contributed by atoms with van der Waals surface area (Å²) in [4.78, 5) is 37.4. The van der Waals surface area contributed by atoms with Crippen molar-refractivity contribution in [3.05, 3.63) is 0 Å². The number of carbonyl (C=O) groups excluding carboxylic acids is 3. The van der Waals surface area contributed by atoms with Gasteiger partial charge in [-0.1, -0.05) is 13.8 Å². The van der Waals surface area contributed by atoms with Gasteiger partial charge >= 0.3 is 18.2 Å². The number of hydrogen-bond acceptors (Lipinski definition) is 5. The van der Waals surface area contributed by atoms with E-state index in [9.17, 15) is 14.4 Å². The quantitative estimate of drug-likeness (QED) is 0.592. The Bertz CT molecular complexity index is 486. The second-order valence-electron chi connectivity index (χ2n) is 7.03. The minimum Gasteiger partial charge on any atom is -0.450 e. The van der Waals surface area contributed by atoms with Crippen molar-refractivity contribution in [2.24, 2.45) is 5.92 Å². The Kier molecular flexibility index (Phi) is 10.4. The summed E-state index contributed by atoms with van der Waals surface area (Å²) in [7, 11) is 0. The first kappa shape index (κ1) is 22.9. The van der Waals surface area contributed by atoms with E-state index < -0.39 is 12.2 Å². The zero-order valence-corrected chi connectivity index (χ0v) is 16.9. The fourth-order valence-electron chi connectivity index (χ4n) is 3.04. The molecule has 1 heterocycles. The van der Waals surface area contributed by atoms with Crippen LogP contribution >= 0.6 is 0 Å². The molecule has 1 fully saturated rings. The van der Waals surface area contributed by atoms with Gasteiger partial charge in [-0.3, -0.25) is 0 Å². The Labute approximate surface area is 161 Å². The number of ether oxygens (including phenoxy) is 2. The number of nitrogens with zero attached hydrogens (tertiary/aromatic N) is 1. The van der Waals surface area contributed by atoms with Gasteiger partial charge in [0.15, 0.2) is 0 Å². The van der Waals surface area contributed by atoms with Crippen LogP contribution in [0, 0.1) is 5.92 Å². The topological polar surface area (TPSA) is 109 Å². The number of hydrogen-bond donors (Lipinski definition) is 3. The highest BCUT2D eigenvalue weighted by Gasteiger charge is 2.25. The van der Waals surface area contributed by atoms with Gasteiger partial charge in [0, 0.05) is 31.7 Å². The molecule has 0 aromatic carbocycles. The molecule has 0 aromatic heterocycles. The van der Waals surface area contributed by atoms with Crippen molar-refractivity contribution in [1.82, 2.24) is 20.9 Å². The van der Waals surface area contributed by atoms with Gasteiger partial charge in [-0.15, -0.1) is 0 Å². The molecule has 1 saturated heterocycles. The molecule has 4 amide bonds. The molecule has 0 aliphatic carbocycles. The molecule has 3 N–H and O–H groups in total. The van der Waals surface area contributed by atoms with Crippen molar-refractivity contribution in [1.29, 1.82) is 0 Å². The first-order valence-electron chi connectivity index (χ1n) is 9.75. The molecule has 27 heavy (non-hydrogen) atoms. The van der Waals surface area contributed by atoms with Crippen LogP contribution in [0.15, 0.2) is 0 Å². The summed E-state index contributed by atoms with van der Waals surface area (Å²) < 4.78 is 9.81. The maximum absolute atomic E-state index is 12.5. The van der Waals surface area contributed by atoms with Crippen LogP contribution in [0.1, 0.15) is 47.0 Å². The van der Waals surface area contributed by atoms with Crippen molar-refractivity contribution >= 4 is 18.2 Å². The van der Waals surface area contributed by atoms with E-state index in [0.717, 1.165) is 19.3 Å². The fraction of sp³-hybridized carbons (Fsp3) is 0.833. The lowest BCUT2D eigenvalue weighted by molar-refractivity contribution is 0.135. The molecule has 1 aliphatic rings.